The van der Waals surface area contributed by atoms with E-state index in [0.29, 0.717) is 18.7 Å². The van der Waals surface area contributed by atoms with E-state index in [1.165, 1.54) is 4.88 Å². The van der Waals surface area contributed by atoms with Crippen molar-refractivity contribution >= 4 is 22.9 Å². The summed E-state index contributed by atoms with van der Waals surface area (Å²) in [5.41, 5.74) is 1.51. The Morgan fingerprint density at radius 1 is 1.38 bits per heavy atom. The van der Waals surface area contributed by atoms with Crippen LogP contribution in [-0.2, 0) is 6.54 Å². The van der Waals surface area contributed by atoms with E-state index in [1.807, 2.05) is 23.3 Å². The molecule has 112 valence electrons. The van der Waals surface area contributed by atoms with Crippen molar-refractivity contribution in [1.29, 1.82) is 0 Å². The van der Waals surface area contributed by atoms with Crippen LogP contribution in [0.2, 0.25) is 0 Å². The standard InChI is InChI=1S/C16H21N3OS/c1-3-8-18-15-11-17-9-7-14(15)16(20)19(4-2)12-13-6-5-10-21-13/h5-7,9-11,18H,3-4,8,12H2,1-2H3. The summed E-state index contributed by atoms with van der Waals surface area (Å²) in [5, 5.41) is 5.31. The van der Waals surface area contributed by atoms with Gasteiger partial charge in [0.2, 0.25) is 0 Å². The maximum Gasteiger partial charge on any atom is 0.256 e. The molecule has 0 aliphatic carbocycles. The topological polar surface area (TPSA) is 45.2 Å². The largest absolute Gasteiger partial charge is 0.383 e. The number of hydrogen-bond donors (Lipinski definition) is 1. The summed E-state index contributed by atoms with van der Waals surface area (Å²) in [5.74, 6) is 0.0481. The smallest absolute Gasteiger partial charge is 0.256 e. The van der Waals surface area contributed by atoms with Crippen LogP contribution in [0.4, 0.5) is 5.69 Å². The first-order valence-corrected chi connectivity index (χ1v) is 8.13. The Kier molecular flexibility index (Phi) is 5.75. The van der Waals surface area contributed by atoms with E-state index >= 15 is 0 Å². The normalized spacial score (nSPS) is 10.4. The molecule has 1 N–H and O–H groups in total. The Balaban J connectivity index is 2.17. The molecule has 0 atom stereocenters. The maximum atomic E-state index is 12.7. The number of carbonyl (C=O) groups excluding carboxylic acids is 1. The van der Waals surface area contributed by atoms with Crippen molar-refractivity contribution < 1.29 is 4.79 Å². The Bertz CT molecular complexity index is 569. The molecule has 0 aliphatic rings. The van der Waals surface area contributed by atoms with Gasteiger partial charge >= 0.3 is 0 Å². The number of nitrogens with one attached hydrogen (secondary N) is 1. The first-order chi connectivity index (χ1) is 10.3. The molecule has 0 saturated heterocycles. The fourth-order valence-electron chi connectivity index (χ4n) is 2.07. The number of aromatic nitrogens is 1. The van der Waals surface area contributed by atoms with Gasteiger partial charge in [-0.2, -0.15) is 0 Å². The van der Waals surface area contributed by atoms with E-state index in [9.17, 15) is 4.79 Å². The number of pyridine rings is 1. The summed E-state index contributed by atoms with van der Waals surface area (Å²) in [4.78, 5) is 19.9. The van der Waals surface area contributed by atoms with Gasteiger partial charge in [0, 0.05) is 24.2 Å². The highest BCUT2D eigenvalue weighted by Crippen LogP contribution is 2.19. The third-order valence-corrected chi connectivity index (χ3v) is 4.07. The van der Waals surface area contributed by atoms with Gasteiger partial charge < -0.3 is 10.2 Å². The zero-order chi connectivity index (χ0) is 15.1. The fraction of sp³-hybridized carbons (Fsp3) is 0.375. The fourth-order valence-corrected chi connectivity index (χ4v) is 2.79. The van der Waals surface area contributed by atoms with Crippen molar-refractivity contribution in [2.75, 3.05) is 18.4 Å². The molecule has 0 saturated carbocycles. The molecular weight excluding hydrogens is 282 g/mol. The monoisotopic (exact) mass is 303 g/mol. The number of rotatable bonds is 7. The second-order valence-electron chi connectivity index (χ2n) is 4.75. The maximum absolute atomic E-state index is 12.7. The van der Waals surface area contributed by atoms with Crippen LogP contribution in [0.1, 0.15) is 35.5 Å². The number of anilines is 1. The molecule has 1 amide bonds. The SMILES string of the molecule is CCCNc1cnccc1C(=O)N(CC)Cc1cccs1. The lowest BCUT2D eigenvalue weighted by Gasteiger charge is -2.21. The molecule has 0 fully saturated rings. The minimum atomic E-state index is 0.0481. The zero-order valence-electron chi connectivity index (χ0n) is 12.5. The van der Waals surface area contributed by atoms with E-state index in [-0.39, 0.29) is 5.91 Å². The zero-order valence-corrected chi connectivity index (χ0v) is 13.3. The van der Waals surface area contributed by atoms with Gasteiger partial charge in [0.15, 0.2) is 0 Å². The summed E-state index contributed by atoms with van der Waals surface area (Å²) in [6, 6.07) is 5.86. The average Bonchev–Trinajstić information content (AvgIpc) is 3.03. The first kappa shape index (κ1) is 15.5. The molecule has 2 aromatic rings. The third-order valence-electron chi connectivity index (χ3n) is 3.21. The van der Waals surface area contributed by atoms with Gasteiger partial charge in [0.1, 0.15) is 0 Å². The molecule has 0 radical (unpaired) electrons. The Hall–Kier alpha value is -1.88. The number of amides is 1. The molecule has 21 heavy (non-hydrogen) atoms. The molecule has 0 aliphatic heterocycles. The quantitative estimate of drug-likeness (QED) is 0.849. The minimum absolute atomic E-state index is 0.0481. The van der Waals surface area contributed by atoms with Gasteiger partial charge in [0.05, 0.1) is 24.0 Å². The van der Waals surface area contributed by atoms with Crippen LogP contribution in [0.25, 0.3) is 0 Å². The second kappa shape index (κ2) is 7.78. The minimum Gasteiger partial charge on any atom is -0.383 e. The highest BCUT2D eigenvalue weighted by molar-refractivity contribution is 7.09. The lowest BCUT2D eigenvalue weighted by molar-refractivity contribution is 0.0755. The van der Waals surface area contributed by atoms with Crippen LogP contribution in [0.15, 0.2) is 36.0 Å². The van der Waals surface area contributed by atoms with Gasteiger partial charge in [-0.05, 0) is 30.9 Å². The number of nitrogens with zero attached hydrogens (tertiary/aromatic N) is 2. The van der Waals surface area contributed by atoms with E-state index in [2.05, 4.69) is 23.3 Å². The molecule has 0 aromatic carbocycles. The summed E-state index contributed by atoms with van der Waals surface area (Å²) < 4.78 is 0. The van der Waals surface area contributed by atoms with Crippen molar-refractivity contribution in [3.05, 3.63) is 46.4 Å². The van der Waals surface area contributed by atoms with Gasteiger partial charge in [0.25, 0.3) is 5.91 Å². The van der Waals surface area contributed by atoms with Crippen molar-refractivity contribution in [2.45, 2.75) is 26.8 Å². The van der Waals surface area contributed by atoms with Crippen LogP contribution in [-0.4, -0.2) is 28.9 Å². The van der Waals surface area contributed by atoms with E-state index in [1.54, 1.807) is 29.8 Å². The lowest BCUT2D eigenvalue weighted by Crippen LogP contribution is -2.30. The number of thiophene rings is 1. The van der Waals surface area contributed by atoms with Gasteiger partial charge in [-0.25, -0.2) is 0 Å². The first-order valence-electron chi connectivity index (χ1n) is 7.25. The van der Waals surface area contributed by atoms with Gasteiger partial charge in [-0.15, -0.1) is 11.3 Å². The van der Waals surface area contributed by atoms with E-state index in [0.717, 1.165) is 18.7 Å². The highest BCUT2D eigenvalue weighted by atomic mass is 32.1. The summed E-state index contributed by atoms with van der Waals surface area (Å²) in [6.07, 6.45) is 4.40. The molecule has 0 unspecified atom stereocenters. The number of carbonyl (C=O) groups is 1. The van der Waals surface area contributed by atoms with E-state index in [4.69, 9.17) is 0 Å². The van der Waals surface area contributed by atoms with E-state index < -0.39 is 0 Å². The predicted octanol–water partition coefficient (Wildman–Crippen LogP) is 3.63. The van der Waals surface area contributed by atoms with Crippen LogP contribution < -0.4 is 5.32 Å². The van der Waals surface area contributed by atoms with Crippen LogP contribution >= 0.6 is 11.3 Å². The summed E-state index contributed by atoms with van der Waals surface area (Å²) >= 11 is 1.68. The van der Waals surface area contributed by atoms with Gasteiger partial charge in [-0.3, -0.25) is 9.78 Å². The van der Waals surface area contributed by atoms with Crippen molar-refractivity contribution in [3.8, 4) is 0 Å². The Labute approximate surface area is 129 Å². The van der Waals surface area contributed by atoms with Crippen LogP contribution in [0.5, 0.6) is 0 Å². The molecule has 2 rings (SSSR count). The Morgan fingerprint density at radius 2 is 2.24 bits per heavy atom. The molecule has 0 spiro atoms. The average molecular weight is 303 g/mol. The molecule has 5 heteroatoms. The summed E-state index contributed by atoms with van der Waals surface area (Å²) in [6.45, 7) is 6.28. The number of hydrogen-bond acceptors (Lipinski definition) is 4. The third kappa shape index (κ3) is 4.04. The Morgan fingerprint density at radius 3 is 2.90 bits per heavy atom. The highest BCUT2D eigenvalue weighted by Gasteiger charge is 2.18. The molecular formula is C16H21N3OS. The lowest BCUT2D eigenvalue weighted by atomic mass is 10.2. The molecule has 0 bridgehead atoms. The molecule has 4 nitrogen and oxygen atoms in total. The summed E-state index contributed by atoms with van der Waals surface area (Å²) in [7, 11) is 0. The van der Waals surface area contributed by atoms with Crippen LogP contribution in [0.3, 0.4) is 0 Å². The van der Waals surface area contributed by atoms with Crippen molar-refractivity contribution in [3.63, 3.8) is 0 Å². The van der Waals surface area contributed by atoms with Gasteiger partial charge in [-0.1, -0.05) is 13.0 Å². The molecule has 2 aromatic heterocycles. The van der Waals surface area contributed by atoms with Crippen LogP contribution in [0, 0.1) is 0 Å². The second-order valence-corrected chi connectivity index (χ2v) is 5.78. The molecule has 2 heterocycles. The predicted molar refractivity (Wildman–Crippen MR) is 87.8 cm³/mol. The van der Waals surface area contributed by atoms with Crippen molar-refractivity contribution in [2.24, 2.45) is 0 Å². The van der Waals surface area contributed by atoms with Crippen molar-refractivity contribution in [1.82, 2.24) is 9.88 Å².